The summed E-state index contributed by atoms with van der Waals surface area (Å²) in [5.74, 6) is 0.417. The van der Waals surface area contributed by atoms with Gasteiger partial charge in [0.2, 0.25) is 0 Å². The average molecular weight is 569 g/mol. The van der Waals surface area contributed by atoms with Gasteiger partial charge in [-0.1, -0.05) is 55.3 Å². The van der Waals surface area contributed by atoms with Crippen LogP contribution < -0.4 is 5.73 Å². The minimum absolute atomic E-state index is 0.109. The molecule has 5 rings (SSSR count). The number of rotatable bonds is 6. The Morgan fingerprint density at radius 3 is 2.58 bits per heavy atom. The lowest BCUT2D eigenvalue weighted by Gasteiger charge is -2.34. The van der Waals surface area contributed by atoms with Gasteiger partial charge in [0.1, 0.15) is 4.83 Å². The van der Waals surface area contributed by atoms with E-state index in [1.807, 2.05) is 0 Å². The van der Waals surface area contributed by atoms with E-state index in [2.05, 4.69) is 71.9 Å². The Kier molecular flexibility index (Phi) is 7.58. The number of amides is 1. The van der Waals surface area contributed by atoms with Crippen LogP contribution in [0.2, 0.25) is 0 Å². The summed E-state index contributed by atoms with van der Waals surface area (Å²) in [6, 6.07) is 11.0. The number of fused-ring (bicyclic) bond motifs is 2. The third-order valence-corrected chi connectivity index (χ3v) is 10.00. The minimum Gasteiger partial charge on any atom is -0.365 e. The highest BCUT2D eigenvalue weighted by Gasteiger charge is 2.32. The number of nitrogens with two attached hydrogens (primary N) is 1. The molecular weight excluding hydrogens is 530 g/mol. The molecule has 1 fully saturated rings. The zero-order chi connectivity index (χ0) is 25.4. The number of benzene rings is 1. The summed E-state index contributed by atoms with van der Waals surface area (Å²) in [5.41, 5.74) is 11.2. The van der Waals surface area contributed by atoms with Gasteiger partial charge in [0.15, 0.2) is 0 Å². The van der Waals surface area contributed by atoms with Crippen LogP contribution in [0.3, 0.4) is 0 Å². The molecule has 1 aliphatic carbocycles. The van der Waals surface area contributed by atoms with Gasteiger partial charge in [0.05, 0.1) is 4.88 Å². The number of hydrogen-bond acceptors (Lipinski definition) is 4. The number of piperidine rings is 1. The third-order valence-electron chi connectivity index (χ3n) is 8.34. The summed E-state index contributed by atoms with van der Waals surface area (Å²) in [6.07, 6.45) is 8.10. The lowest BCUT2D eigenvalue weighted by atomic mass is 9.71. The largest absolute Gasteiger partial charge is 0.365 e. The van der Waals surface area contributed by atoms with Crippen LogP contribution >= 0.6 is 27.3 Å². The second-order valence-corrected chi connectivity index (χ2v) is 13.7. The Bertz CT molecular complexity index is 1240. The first-order valence-electron chi connectivity index (χ1n) is 13.4. The molecule has 1 amide bonds. The van der Waals surface area contributed by atoms with E-state index in [1.165, 1.54) is 66.9 Å². The van der Waals surface area contributed by atoms with E-state index < -0.39 is 0 Å². The summed E-state index contributed by atoms with van der Waals surface area (Å²) in [6.45, 7) is 10.4. The van der Waals surface area contributed by atoms with Gasteiger partial charge in [-0.3, -0.25) is 4.79 Å². The van der Waals surface area contributed by atoms with Gasteiger partial charge in [0, 0.05) is 21.5 Å². The molecule has 3 aromatic rings. The molecule has 192 valence electrons. The standard InChI is InChI=1S/C30H38BrN3OS/c1-30(2,3)21-9-12-25-20(17-21)18-24-26(27(28(32)35)36-29(24)33-25)23(19-7-10-22(31)11-8-19)13-16-34-14-5-4-6-15-34/h7-8,10-11,18,21,23H,4-6,9,12-17H2,1-3H3,(H2,32,35)/t21?,23-/m1/s1. The van der Waals surface area contributed by atoms with Crippen LogP contribution in [-0.4, -0.2) is 35.4 Å². The molecule has 3 heterocycles. The van der Waals surface area contributed by atoms with E-state index >= 15 is 0 Å². The van der Waals surface area contributed by atoms with Crippen LogP contribution in [0, 0.1) is 11.3 Å². The van der Waals surface area contributed by atoms with Crippen molar-refractivity contribution in [1.29, 1.82) is 0 Å². The highest BCUT2D eigenvalue weighted by atomic mass is 79.9. The molecule has 0 spiro atoms. The molecule has 0 saturated carbocycles. The van der Waals surface area contributed by atoms with Crippen molar-refractivity contribution in [3.8, 4) is 0 Å². The second kappa shape index (κ2) is 10.5. The van der Waals surface area contributed by atoms with E-state index in [9.17, 15) is 4.79 Å². The van der Waals surface area contributed by atoms with E-state index in [0.717, 1.165) is 46.1 Å². The second-order valence-electron chi connectivity index (χ2n) is 11.8. The van der Waals surface area contributed by atoms with Crippen molar-refractivity contribution in [3.63, 3.8) is 0 Å². The lowest BCUT2D eigenvalue weighted by molar-refractivity contribution is 0.100. The SMILES string of the molecule is CC(C)(C)C1CCc2nc3sc(C(N)=O)c([C@H](CCN4CCCCC4)c4ccc(Br)cc4)c3cc2C1. The van der Waals surface area contributed by atoms with Crippen LogP contribution in [0.15, 0.2) is 34.8 Å². The minimum atomic E-state index is -0.335. The van der Waals surface area contributed by atoms with Crippen LogP contribution in [0.1, 0.15) is 90.8 Å². The number of aromatic nitrogens is 1. The lowest BCUT2D eigenvalue weighted by Crippen LogP contribution is -2.31. The number of thiophene rings is 1. The van der Waals surface area contributed by atoms with Crippen molar-refractivity contribution in [2.24, 2.45) is 17.1 Å². The van der Waals surface area contributed by atoms with Gasteiger partial charge in [0.25, 0.3) is 5.91 Å². The molecule has 1 aromatic carbocycles. The van der Waals surface area contributed by atoms with Gasteiger partial charge in [-0.15, -0.1) is 11.3 Å². The zero-order valence-corrected chi connectivity index (χ0v) is 24.2. The quantitative estimate of drug-likeness (QED) is 0.339. The molecule has 2 N–H and O–H groups in total. The predicted molar refractivity (Wildman–Crippen MR) is 154 cm³/mol. The maximum absolute atomic E-state index is 12.8. The summed E-state index contributed by atoms with van der Waals surface area (Å²) in [4.78, 5) is 22.1. The molecule has 1 unspecified atom stereocenters. The fourth-order valence-corrected chi connectivity index (χ4v) is 7.48. The maximum Gasteiger partial charge on any atom is 0.259 e. The van der Waals surface area contributed by atoms with Crippen molar-refractivity contribution in [2.75, 3.05) is 19.6 Å². The third kappa shape index (κ3) is 5.41. The fraction of sp³-hybridized carbons (Fsp3) is 0.533. The predicted octanol–water partition coefficient (Wildman–Crippen LogP) is 7.32. The average Bonchev–Trinajstić information content (AvgIpc) is 3.22. The number of aryl methyl sites for hydroxylation is 1. The maximum atomic E-state index is 12.8. The van der Waals surface area contributed by atoms with Crippen molar-refractivity contribution in [2.45, 2.75) is 71.6 Å². The monoisotopic (exact) mass is 567 g/mol. The molecule has 0 radical (unpaired) electrons. The van der Waals surface area contributed by atoms with Crippen molar-refractivity contribution >= 4 is 43.4 Å². The molecule has 0 bridgehead atoms. The van der Waals surface area contributed by atoms with E-state index in [4.69, 9.17) is 10.7 Å². The van der Waals surface area contributed by atoms with Crippen LogP contribution in [0.5, 0.6) is 0 Å². The topological polar surface area (TPSA) is 59.2 Å². The number of halogens is 1. The normalized spacial score (nSPS) is 19.8. The molecule has 1 aliphatic heterocycles. The molecule has 2 atom stereocenters. The number of carbonyl (C=O) groups excluding carboxylic acids is 1. The van der Waals surface area contributed by atoms with Crippen LogP contribution in [-0.2, 0) is 12.8 Å². The number of nitrogens with zero attached hydrogens (tertiary/aromatic N) is 2. The summed E-state index contributed by atoms with van der Waals surface area (Å²) < 4.78 is 1.07. The van der Waals surface area contributed by atoms with Gasteiger partial charge >= 0.3 is 0 Å². The Morgan fingerprint density at radius 2 is 1.92 bits per heavy atom. The zero-order valence-electron chi connectivity index (χ0n) is 21.8. The Hall–Kier alpha value is -1.76. The number of hydrogen-bond donors (Lipinski definition) is 1. The fourth-order valence-electron chi connectivity index (χ4n) is 6.13. The first-order chi connectivity index (χ1) is 17.2. The number of primary amides is 1. The molecule has 6 heteroatoms. The smallest absolute Gasteiger partial charge is 0.259 e. The molecule has 1 saturated heterocycles. The summed E-state index contributed by atoms with van der Waals surface area (Å²) in [7, 11) is 0. The van der Waals surface area contributed by atoms with Gasteiger partial charge < -0.3 is 10.6 Å². The first-order valence-corrected chi connectivity index (χ1v) is 15.0. The summed E-state index contributed by atoms with van der Waals surface area (Å²) in [5, 5.41) is 1.13. The van der Waals surface area contributed by atoms with Crippen LogP contribution in [0.25, 0.3) is 10.2 Å². The Balaban J connectivity index is 1.60. The van der Waals surface area contributed by atoms with Gasteiger partial charge in [-0.25, -0.2) is 4.98 Å². The molecule has 2 aromatic heterocycles. The van der Waals surface area contributed by atoms with E-state index in [0.29, 0.717) is 10.8 Å². The number of likely N-dealkylation sites (tertiary alicyclic amines) is 1. The Morgan fingerprint density at radius 1 is 1.19 bits per heavy atom. The van der Waals surface area contributed by atoms with Gasteiger partial charge in [-0.2, -0.15) is 0 Å². The van der Waals surface area contributed by atoms with Crippen molar-refractivity contribution in [1.82, 2.24) is 9.88 Å². The summed E-state index contributed by atoms with van der Waals surface area (Å²) >= 11 is 5.08. The molecule has 36 heavy (non-hydrogen) atoms. The highest BCUT2D eigenvalue weighted by Crippen LogP contribution is 2.43. The van der Waals surface area contributed by atoms with Gasteiger partial charge in [-0.05, 0) is 104 Å². The molecule has 4 nitrogen and oxygen atoms in total. The number of carbonyl (C=O) groups is 1. The van der Waals surface area contributed by atoms with Crippen molar-refractivity contribution in [3.05, 3.63) is 62.1 Å². The van der Waals surface area contributed by atoms with Crippen LogP contribution in [0.4, 0.5) is 0 Å². The molecule has 2 aliphatic rings. The van der Waals surface area contributed by atoms with E-state index in [-0.39, 0.29) is 17.2 Å². The first kappa shape index (κ1) is 25.9. The van der Waals surface area contributed by atoms with E-state index in [1.54, 1.807) is 0 Å². The molecular formula is C30H38BrN3OS. The Labute approximate surface area is 227 Å². The van der Waals surface area contributed by atoms with Crippen molar-refractivity contribution < 1.29 is 4.79 Å². The number of pyridine rings is 1. The highest BCUT2D eigenvalue weighted by molar-refractivity contribution is 9.10.